The average molecular weight is 253 g/mol. The van der Waals surface area contributed by atoms with Crippen LogP contribution in [0.2, 0.25) is 5.02 Å². The third-order valence-electron chi connectivity index (χ3n) is 3.05. The van der Waals surface area contributed by atoms with Crippen molar-refractivity contribution >= 4 is 28.6 Å². The maximum Gasteiger partial charge on any atom is 0.306 e. The summed E-state index contributed by atoms with van der Waals surface area (Å²) in [4.78, 5) is 18.4. The maximum absolute atomic E-state index is 10.9. The molecule has 0 saturated carbocycles. The van der Waals surface area contributed by atoms with E-state index in [4.69, 9.17) is 16.7 Å². The number of hydrogen-bond donors (Lipinski definition) is 2. The second-order valence-corrected chi connectivity index (χ2v) is 4.58. The van der Waals surface area contributed by atoms with Gasteiger partial charge >= 0.3 is 5.97 Å². The number of carboxylic acid groups (broad SMARTS) is 1. The molecule has 5 heteroatoms. The van der Waals surface area contributed by atoms with E-state index in [9.17, 15) is 4.79 Å². The highest BCUT2D eigenvalue weighted by Crippen LogP contribution is 2.27. The predicted octanol–water partition coefficient (Wildman–Crippen LogP) is 3.04. The first-order valence-electron chi connectivity index (χ1n) is 5.37. The van der Waals surface area contributed by atoms with Gasteiger partial charge in [-0.25, -0.2) is 4.98 Å². The summed E-state index contributed by atoms with van der Waals surface area (Å²) in [5, 5.41) is 9.55. The first-order valence-corrected chi connectivity index (χ1v) is 5.75. The fraction of sp³-hybridized carbons (Fsp3) is 0.333. The molecule has 4 nitrogen and oxygen atoms in total. The van der Waals surface area contributed by atoms with Crippen LogP contribution in [-0.4, -0.2) is 21.0 Å². The van der Waals surface area contributed by atoms with Crippen LogP contribution in [0, 0.1) is 5.92 Å². The van der Waals surface area contributed by atoms with Gasteiger partial charge < -0.3 is 10.1 Å². The van der Waals surface area contributed by atoms with Crippen LogP contribution in [0.25, 0.3) is 11.0 Å². The molecule has 17 heavy (non-hydrogen) atoms. The van der Waals surface area contributed by atoms with Crippen LogP contribution < -0.4 is 0 Å². The van der Waals surface area contributed by atoms with Gasteiger partial charge in [-0.3, -0.25) is 4.79 Å². The van der Waals surface area contributed by atoms with Crippen molar-refractivity contribution in [1.82, 2.24) is 9.97 Å². The number of aromatic amines is 1. The number of hydrogen-bond acceptors (Lipinski definition) is 2. The molecule has 2 rings (SSSR count). The van der Waals surface area contributed by atoms with Crippen LogP contribution in [0.4, 0.5) is 0 Å². The predicted molar refractivity (Wildman–Crippen MR) is 66.3 cm³/mol. The molecule has 90 valence electrons. The molecule has 0 saturated heterocycles. The van der Waals surface area contributed by atoms with Crippen molar-refractivity contribution in [3.63, 3.8) is 0 Å². The zero-order chi connectivity index (χ0) is 12.6. The lowest BCUT2D eigenvalue weighted by Gasteiger charge is -2.12. The zero-order valence-electron chi connectivity index (χ0n) is 9.57. The second-order valence-electron chi connectivity index (χ2n) is 4.17. The number of para-hydroxylation sites is 1. The molecular weight excluding hydrogens is 240 g/mol. The van der Waals surface area contributed by atoms with Gasteiger partial charge in [0.05, 0.1) is 16.5 Å². The number of fused-ring (bicyclic) bond motifs is 1. The van der Waals surface area contributed by atoms with E-state index in [0.29, 0.717) is 16.4 Å². The zero-order valence-corrected chi connectivity index (χ0v) is 10.3. The highest BCUT2D eigenvalue weighted by molar-refractivity contribution is 6.34. The minimum absolute atomic E-state index is 0.184. The highest BCUT2D eigenvalue weighted by Gasteiger charge is 2.23. The molecule has 2 aromatic rings. The number of aliphatic carboxylic acids is 1. The quantitative estimate of drug-likeness (QED) is 0.882. The Morgan fingerprint density at radius 2 is 2.18 bits per heavy atom. The van der Waals surface area contributed by atoms with Gasteiger partial charge in [-0.1, -0.05) is 31.5 Å². The molecule has 2 N–H and O–H groups in total. The van der Waals surface area contributed by atoms with E-state index in [1.54, 1.807) is 13.0 Å². The normalized spacial score (nSPS) is 14.8. The largest absolute Gasteiger partial charge is 0.481 e. The Morgan fingerprint density at radius 3 is 2.76 bits per heavy atom. The van der Waals surface area contributed by atoms with Crippen molar-refractivity contribution < 1.29 is 9.90 Å². The number of nitrogens with zero attached hydrogens (tertiary/aromatic N) is 1. The molecular formula is C12H13ClN2O2. The molecule has 0 aliphatic rings. The van der Waals surface area contributed by atoms with Gasteiger partial charge in [0.1, 0.15) is 11.3 Å². The first-order chi connectivity index (χ1) is 8.00. The van der Waals surface area contributed by atoms with Crippen molar-refractivity contribution in [3.05, 3.63) is 29.0 Å². The summed E-state index contributed by atoms with van der Waals surface area (Å²) in [6.45, 7) is 3.51. The maximum atomic E-state index is 10.9. The summed E-state index contributed by atoms with van der Waals surface area (Å²) in [6, 6.07) is 5.47. The van der Waals surface area contributed by atoms with Crippen LogP contribution >= 0.6 is 11.6 Å². The lowest BCUT2D eigenvalue weighted by Crippen LogP contribution is -2.17. The summed E-state index contributed by atoms with van der Waals surface area (Å²) in [6.07, 6.45) is 0. The summed E-state index contributed by atoms with van der Waals surface area (Å²) >= 11 is 6.02. The molecule has 0 amide bonds. The van der Waals surface area contributed by atoms with Crippen LogP contribution in [0.5, 0.6) is 0 Å². The number of halogens is 1. The Labute approximate surface area is 104 Å². The monoisotopic (exact) mass is 252 g/mol. The van der Waals surface area contributed by atoms with Crippen molar-refractivity contribution in [3.8, 4) is 0 Å². The van der Waals surface area contributed by atoms with Crippen molar-refractivity contribution in [1.29, 1.82) is 0 Å². The number of aromatic nitrogens is 2. The Bertz CT molecular complexity index is 565. The minimum atomic E-state index is -0.830. The number of benzene rings is 1. The van der Waals surface area contributed by atoms with Crippen molar-refractivity contribution in [2.24, 2.45) is 5.92 Å². The molecule has 2 unspecified atom stereocenters. The number of H-pyrrole nitrogens is 1. The van der Waals surface area contributed by atoms with E-state index in [-0.39, 0.29) is 5.92 Å². The molecule has 0 bridgehead atoms. The second kappa shape index (κ2) is 4.37. The van der Waals surface area contributed by atoms with Crippen LogP contribution in [0.1, 0.15) is 25.6 Å². The first kappa shape index (κ1) is 11.9. The molecule has 0 aliphatic carbocycles. The standard InChI is InChI=1S/C12H13ClN2O2/c1-6(7(2)12(16)17)11-14-9-5-3-4-8(13)10(9)15-11/h3-7H,1-2H3,(H,14,15)(H,16,17). The van der Waals surface area contributed by atoms with Gasteiger partial charge in [0.2, 0.25) is 0 Å². The number of imidazole rings is 1. The lowest BCUT2D eigenvalue weighted by molar-refractivity contribution is -0.141. The molecule has 1 aromatic heterocycles. The van der Waals surface area contributed by atoms with E-state index in [0.717, 1.165) is 5.52 Å². The number of carbonyl (C=O) groups is 1. The molecule has 2 atom stereocenters. The minimum Gasteiger partial charge on any atom is -0.481 e. The van der Waals surface area contributed by atoms with Crippen LogP contribution in [0.15, 0.2) is 18.2 Å². The van der Waals surface area contributed by atoms with E-state index in [1.807, 2.05) is 19.1 Å². The van der Waals surface area contributed by atoms with Gasteiger partial charge in [-0.05, 0) is 12.1 Å². The number of nitrogens with one attached hydrogen (secondary N) is 1. The third kappa shape index (κ3) is 2.13. The van der Waals surface area contributed by atoms with Gasteiger partial charge in [0.25, 0.3) is 0 Å². The third-order valence-corrected chi connectivity index (χ3v) is 3.36. The Kier molecular flexibility index (Phi) is 3.07. The Balaban J connectivity index is 2.43. The van der Waals surface area contributed by atoms with E-state index in [2.05, 4.69) is 9.97 Å². The SMILES string of the molecule is CC(C(=O)O)C(C)c1nc2c(Cl)cccc2[nH]1. The highest BCUT2D eigenvalue weighted by atomic mass is 35.5. The van der Waals surface area contributed by atoms with Gasteiger partial charge in [0.15, 0.2) is 0 Å². The number of carboxylic acids is 1. The smallest absolute Gasteiger partial charge is 0.306 e. The fourth-order valence-corrected chi connectivity index (χ4v) is 1.90. The summed E-state index contributed by atoms with van der Waals surface area (Å²) in [5.41, 5.74) is 1.52. The van der Waals surface area contributed by atoms with E-state index < -0.39 is 11.9 Å². The molecule has 0 aliphatic heterocycles. The summed E-state index contributed by atoms with van der Waals surface area (Å²) in [7, 11) is 0. The molecule has 1 aromatic carbocycles. The molecule has 1 heterocycles. The average Bonchev–Trinajstić information content (AvgIpc) is 2.72. The van der Waals surface area contributed by atoms with E-state index >= 15 is 0 Å². The Hall–Kier alpha value is -1.55. The molecule has 0 fully saturated rings. The van der Waals surface area contributed by atoms with Crippen molar-refractivity contribution in [2.75, 3.05) is 0 Å². The van der Waals surface area contributed by atoms with Crippen LogP contribution in [0.3, 0.4) is 0 Å². The van der Waals surface area contributed by atoms with Gasteiger partial charge in [-0.15, -0.1) is 0 Å². The fourth-order valence-electron chi connectivity index (χ4n) is 1.68. The van der Waals surface area contributed by atoms with E-state index in [1.165, 1.54) is 0 Å². The Morgan fingerprint density at radius 1 is 1.47 bits per heavy atom. The van der Waals surface area contributed by atoms with Crippen molar-refractivity contribution in [2.45, 2.75) is 19.8 Å². The van der Waals surface area contributed by atoms with Gasteiger partial charge in [0, 0.05) is 5.92 Å². The summed E-state index contributed by atoms with van der Waals surface area (Å²) < 4.78 is 0. The van der Waals surface area contributed by atoms with Gasteiger partial charge in [-0.2, -0.15) is 0 Å². The topological polar surface area (TPSA) is 66.0 Å². The molecule has 0 radical (unpaired) electrons. The van der Waals surface area contributed by atoms with Crippen LogP contribution in [-0.2, 0) is 4.79 Å². The summed E-state index contributed by atoms with van der Waals surface area (Å²) in [5.74, 6) is -0.850. The molecule has 0 spiro atoms. The lowest BCUT2D eigenvalue weighted by atomic mass is 9.96. The number of rotatable bonds is 3.